The summed E-state index contributed by atoms with van der Waals surface area (Å²) in [4.78, 5) is 23.7. The van der Waals surface area contributed by atoms with Gasteiger partial charge in [-0.3, -0.25) is 20.3 Å². The van der Waals surface area contributed by atoms with Crippen LogP contribution < -0.4 is 15.0 Å². The Morgan fingerprint density at radius 1 is 1.20 bits per heavy atom. The van der Waals surface area contributed by atoms with Crippen molar-refractivity contribution in [1.82, 2.24) is 10.3 Å². The van der Waals surface area contributed by atoms with E-state index in [4.69, 9.17) is 16.3 Å². The number of rotatable bonds is 6. The number of ether oxygens (including phenoxy) is 1. The summed E-state index contributed by atoms with van der Waals surface area (Å²) in [5.74, 6) is -0.582. The van der Waals surface area contributed by atoms with Gasteiger partial charge in [-0.25, -0.2) is 8.42 Å². The number of carbonyl (C=O) groups is 1. The summed E-state index contributed by atoms with van der Waals surface area (Å²) in [6.45, 7) is 0. The number of nitro benzene ring substituents is 1. The molecule has 0 unspecified atom stereocenters. The maximum Gasteiger partial charge on any atom is 0.270 e. The molecule has 132 valence electrons. The molecule has 2 rings (SSSR count). The number of hydrazine groups is 1. The zero-order valence-corrected chi connectivity index (χ0v) is 14.3. The first kappa shape index (κ1) is 18.6. The molecule has 0 atom stereocenters. The van der Waals surface area contributed by atoms with Crippen molar-refractivity contribution in [3.8, 4) is 5.75 Å². The molecule has 2 N–H and O–H groups in total. The summed E-state index contributed by atoms with van der Waals surface area (Å²) in [7, 11) is -2.77. The zero-order valence-electron chi connectivity index (χ0n) is 12.7. The Morgan fingerprint density at radius 2 is 1.84 bits per heavy atom. The van der Waals surface area contributed by atoms with Crippen molar-refractivity contribution in [2.24, 2.45) is 0 Å². The van der Waals surface area contributed by atoms with Gasteiger partial charge in [0, 0.05) is 17.2 Å². The number of nitrogens with zero attached hydrogens (tertiary/aromatic N) is 1. The van der Waals surface area contributed by atoms with Crippen LogP contribution in [0.25, 0.3) is 0 Å². The van der Waals surface area contributed by atoms with Crippen LogP contribution in [0.2, 0.25) is 5.02 Å². The number of hydrogen-bond acceptors (Lipinski definition) is 6. The fourth-order valence-corrected chi connectivity index (χ4v) is 2.86. The molecule has 2 aromatic rings. The van der Waals surface area contributed by atoms with Gasteiger partial charge in [0.15, 0.2) is 0 Å². The fourth-order valence-electron chi connectivity index (χ4n) is 1.84. The van der Waals surface area contributed by atoms with Crippen LogP contribution >= 0.6 is 11.6 Å². The smallest absolute Gasteiger partial charge is 0.270 e. The Balaban J connectivity index is 2.15. The van der Waals surface area contributed by atoms with Crippen LogP contribution in [0.1, 0.15) is 10.4 Å². The average molecular weight is 386 g/mol. The van der Waals surface area contributed by atoms with Crippen molar-refractivity contribution in [2.75, 3.05) is 7.11 Å². The van der Waals surface area contributed by atoms with Crippen LogP contribution in [-0.4, -0.2) is 26.4 Å². The number of benzene rings is 2. The van der Waals surface area contributed by atoms with Crippen LogP contribution in [0.15, 0.2) is 47.4 Å². The first-order valence-corrected chi connectivity index (χ1v) is 8.51. The molecule has 0 aromatic heterocycles. The van der Waals surface area contributed by atoms with E-state index in [-0.39, 0.29) is 26.9 Å². The molecule has 9 nitrogen and oxygen atoms in total. The van der Waals surface area contributed by atoms with Crippen LogP contribution in [0.4, 0.5) is 5.69 Å². The molecule has 0 aliphatic heterocycles. The van der Waals surface area contributed by atoms with Gasteiger partial charge in [0.2, 0.25) is 0 Å². The second-order valence-corrected chi connectivity index (χ2v) is 6.77. The number of halogens is 1. The van der Waals surface area contributed by atoms with Gasteiger partial charge in [-0.2, -0.15) is 0 Å². The summed E-state index contributed by atoms with van der Waals surface area (Å²) in [5.41, 5.74) is 1.80. The normalized spacial score (nSPS) is 11.0. The van der Waals surface area contributed by atoms with E-state index in [2.05, 4.69) is 0 Å². The number of nitro groups is 1. The lowest BCUT2D eigenvalue weighted by Gasteiger charge is -2.11. The highest BCUT2D eigenvalue weighted by Gasteiger charge is 2.19. The number of nitrogens with one attached hydrogen (secondary N) is 2. The minimum Gasteiger partial charge on any atom is -0.496 e. The molecule has 1 amide bonds. The fraction of sp³-hybridized carbons (Fsp3) is 0.0714. The number of amides is 1. The topological polar surface area (TPSA) is 128 Å². The second kappa shape index (κ2) is 7.47. The lowest BCUT2D eigenvalue weighted by atomic mass is 10.2. The summed E-state index contributed by atoms with van der Waals surface area (Å²) in [6.07, 6.45) is 0. The van der Waals surface area contributed by atoms with E-state index in [1.165, 1.54) is 25.3 Å². The van der Waals surface area contributed by atoms with E-state index in [0.717, 1.165) is 24.3 Å². The number of methoxy groups -OCH3 is 1. The number of sulfonamides is 1. The standard InChI is InChI=1S/C14H12ClN3O6S/c1-24-13-7-2-9(15)8-12(13)14(19)16-17-25(22,23)11-5-3-10(4-6-11)18(20)21/h2-8,17H,1H3,(H,16,19). The van der Waals surface area contributed by atoms with E-state index in [0.29, 0.717) is 0 Å². The van der Waals surface area contributed by atoms with Gasteiger partial charge in [0.1, 0.15) is 5.75 Å². The van der Waals surface area contributed by atoms with Crippen LogP contribution in [0.3, 0.4) is 0 Å². The lowest BCUT2D eigenvalue weighted by Crippen LogP contribution is -2.41. The van der Waals surface area contributed by atoms with Crippen molar-refractivity contribution < 1.29 is 22.9 Å². The van der Waals surface area contributed by atoms with Gasteiger partial charge in [-0.15, -0.1) is 4.83 Å². The molecule has 0 heterocycles. The molecule has 25 heavy (non-hydrogen) atoms. The Bertz CT molecular complexity index is 915. The number of carbonyl (C=O) groups excluding carboxylic acids is 1. The van der Waals surface area contributed by atoms with E-state index >= 15 is 0 Å². The van der Waals surface area contributed by atoms with E-state index < -0.39 is 20.9 Å². The summed E-state index contributed by atoms with van der Waals surface area (Å²) >= 11 is 5.81. The maximum atomic E-state index is 12.1. The van der Waals surface area contributed by atoms with Gasteiger partial charge in [-0.05, 0) is 30.3 Å². The first-order valence-electron chi connectivity index (χ1n) is 6.65. The van der Waals surface area contributed by atoms with Crippen molar-refractivity contribution >= 4 is 33.2 Å². The molecular weight excluding hydrogens is 374 g/mol. The molecule has 0 saturated carbocycles. The van der Waals surface area contributed by atoms with Gasteiger partial charge < -0.3 is 4.74 Å². The molecule has 0 spiro atoms. The van der Waals surface area contributed by atoms with Crippen molar-refractivity contribution in [3.63, 3.8) is 0 Å². The van der Waals surface area contributed by atoms with E-state index in [1.54, 1.807) is 0 Å². The molecule has 0 bridgehead atoms. The highest BCUT2D eigenvalue weighted by molar-refractivity contribution is 7.89. The summed E-state index contributed by atoms with van der Waals surface area (Å²) < 4.78 is 29.2. The molecule has 0 aliphatic carbocycles. The van der Waals surface area contributed by atoms with Crippen molar-refractivity contribution in [3.05, 3.63) is 63.2 Å². The summed E-state index contributed by atoms with van der Waals surface area (Å²) in [6, 6.07) is 8.46. The molecule has 2 aromatic carbocycles. The number of non-ortho nitro benzene ring substituents is 1. The largest absolute Gasteiger partial charge is 0.496 e. The SMILES string of the molecule is COc1ccc(Cl)cc1C(=O)NNS(=O)(=O)c1ccc([N+](=O)[O-])cc1. The highest BCUT2D eigenvalue weighted by atomic mass is 35.5. The Hall–Kier alpha value is -2.69. The van der Waals surface area contributed by atoms with Crippen molar-refractivity contribution in [2.45, 2.75) is 4.90 Å². The van der Waals surface area contributed by atoms with E-state index in [9.17, 15) is 23.3 Å². The summed E-state index contributed by atoms with van der Waals surface area (Å²) in [5, 5.41) is 10.9. The van der Waals surface area contributed by atoms with Gasteiger partial charge in [0.25, 0.3) is 21.6 Å². The van der Waals surface area contributed by atoms with Gasteiger partial charge in [0.05, 0.1) is 22.5 Å². The van der Waals surface area contributed by atoms with Gasteiger partial charge in [-0.1, -0.05) is 11.6 Å². The van der Waals surface area contributed by atoms with Crippen LogP contribution in [-0.2, 0) is 10.0 Å². The molecule has 0 saturated heterocycles. The Labute approximate surface area is 147 Å². The molecule has 0 fully saturated rings. The maximum absolute atomic E-state index is 12.1. The van der Waals surface area contributed by atoms with Crippen LogP contribution in [0.5, 0.6) is 5.75 Å². The monoisotopic (exact) mass is 385 g/mol. The van der Waals surface area contributed by atoms with Crippen LogP contribution in [0, 0.1) is 10.1 Å². The Morgan fingerprint density at radius 3 is 2.40 bits per heavy atom. The predicted octanol–water partition coefficient (Wildman–Crippen LogP) is 1.88. The predicted molar refractivity (Wildman–Crippen MR) is 88.9 cm³/mol. The zero-order chi connectivity index (χ0) is 18.6. The number of hydrogen-bond donors (Lipinski definition) is 2. The third-order valence-electron chi connectivity index (χ3n) is 3.06. The van der Waals surface area contributed by atoms with Gasteiger partial charge >= 0.3 is 0 Å². The third kappa shape index (κ3) is 4.44. The average Bonchev–Trinajstić information content (AvgIpc) is 2.59. The molecular formula is C14H12ClN3O6S. The van der Waals surface area contributed by atoms with Crippen molar-refractivity contribution in [1.29, 1.82) is 0 Å². The Kier molecular flexibility index (Phi) is 5.57. The highest BCUT2D eigenvalue weighted by Crippen LogP contribution is 2.22. The first-order chi connectivity index (χ1) is 11.7. The van der Waals surface area contributed by atoms with E-state index in [1.807, 2.05) is 10.3 Å². The molecule has 11 heteroatoms. The third-order valence-corrected chi connectivity index (χ3v) is 4.56. The second-order valence-electron chi connectivity index (χ2n) is 4.66. The minimum absolute atomic E-state index is 0.0291. The lowest BCUT2D eigenvalue weighted by molar-refractivity contribution is -0.384. The minimum atomic E-state index is -4.11. The molecule has 0 aliphatic rings. The quantitative estimate of drug-likeness (QED) is 0.577. The molecule has 0 radical (unpaired) electrons.